The fraction of sp³-hybridized carbons (Fsp3) is 1.00. The second kappa shape index (κ2) is 8.58. The summed E-state index contributed by atoms with van der Waals surface area (Å²) in [6.07, 6.45) is 1.30. The highest BCUT2D eigenvalue weighted by molar-refractivity contribution is 8.07. The first-order valence-corrected chi connectivity index (χ1v) is 7.49. The number of hydrogen-bond donors (Lipinski definition) is 2. The summed E-state index contributed by atoms with van der Waals surface area (Å²) >= 11 is 4.74. The minimum Gasteiger partial charge on any atom is -0.379 e. The Bertz CT molecular complexity index is 205. The lowest BCUT2D eigenvalue weighted by Crippen LogP contribution is -2.19. The Balaban J connectivity index is 3.78. The van der Waals surface area contributed by atoms with Crippen LogP contribution in [0, 0.1) is 0 Å². The zero-order chi connectivity index (χ0) is 11.7. The molecule has 15 heavy (non-hydrogen) atoms. The van der Waals surface area contributed by atoms with Crippen molar-refractivity contribution in [1.29, 1.82) is 0 Å². The Morgan fingerprint density at radius 1 is 1.53 bits per heavy atom. The summed E-state index contributed by atoms with van der Waals surface area (Å²) in [4.78, 5) is 9.43. The van der Waals surface area contributed by atoms with Gasteiger partial charge in [-0.1, -0.05) is 6.92 Å². The second-order valence-electron chi connectivity index (χ2n) is 3.00. The average Bonchev–Trinajstić information content (AvgIpc) is 2.22. The normalized spacial score (nSPS) is 17.3. The summed E-state index contributed by atoms with van der Waals surface area (Å²) in [6.45, 7) is 0.461. The molecule has 0 bridgehead atoms. The first-order chi connectivity index (χ1) is 7.05. The van der Waals surface area contributed by atoms with E-state index in [9.17, 15) is 4.89 Å². The fourth-order valence-electron chi connectivity index (χ4n) is 0.854. The maximum atomic E-state index is 9.43. The predicted molar refractivity (Wildman–Crippen MR) is 63.2 cm³/mol. The zero-order valence-electron chi connectivity index (χ0n) is 9.22. The molecule has 0 fully saturated rings. The average molecular weight is 257 g/mol. The molecule has 0 rings (SSSR count). The zero-order valence-corrected chi connectivity index (χ0v) is 10.9. The third-order valence-electron chi connectivity index (χ3n) is 1.76. The minimum atomic E-state index is -3.07. The van der Waals surface area contributed by atoms with Crippen molar-refractivity contribution in [3.05, 3.63) is 0 Å². The molecule has 0 aromatic heterocycles. The molecule has 7 heteroatoms. The minimum absolute atomic E-state index is 0.224. The van der Waals surface area contributed by atoms with Gasteiger partial charge in [0.2, 0.25) is 0 Å². The molecule has 0 heterocycles. The first-order valence-electron chi connectivity index (χ1n) is 4.90. The van der Waals surface area contributed by atoms with E-state index < -0.39 is 6.72 Å². The van der Waals surface area contributed by atoms with Crippen LogP contribution in [0.1, 0.15) is 19.8 Å². The molecule has 0 amide bonds. The molecular weight excluding hydrogens is 237 g/mol. The highest BCUT2D eigenvalue weighted by Gasteiger charge is 2.19. The van der Waals surface area contributed by atoms with Gasteiger partial charge in [0.25, 0.3) is 0 Å². The molecule has 92 valence electrons. The molecule has 0 aliphatic rings. The molecule has 3 N–H and O–H groups in total. The van der Waals surface area contributed by atoms with E-state index in [1.807, 2.05) is 6.92 Å². The highest BCUT2D eigenvalue weighted by atomic mass is 32.5. The summed E-state index contributed by atoms with van der Waals surface area (Å²) in [7, 11) is 1.34. The van der Waals surface area contributed by atoms with Crippen LogP contribution in [0.15, 0.2) is 0 Å². The van der Waals surface area contributed by atoms with Crippen molar-refractivity contribution in [2.75, 3.05) is 26.9 Å². The predicted octanol–water partition coefficient (Wildman–Crippen LogP) is 1.01. The summed E-state index contributed by atoms with van der Waals surface area (Å²) in [5, 5.41) is 0. The number of ether oxygens (including phenoxy) is 1. The van der Waals surface area contributed by atoms with Gasteiger partial charge in [0.15, 0.2) is 0 Å². The monoisotopic (exact) mass is 257 g/mol. The van der Waals surface area contributed by atoms with Gasteiger partial charge in [0.05, 0.1) is 12.7 Å². The van der Waals surface area contributed by atoms with E-state index in [0.29, 0.717) is 26.2 Å². The topological polar surface area (TPSA) is 73.9 Å². The molecule has 0 aliphatic heterocycles. The van der Waals surface area contributed by atoms with Crippen molar-refractivity contribution < 1.29 is 18.7 Å². The van der Waals surface area contributed by atoms with E-state index >= 15 is 0 Å². The Hall–Kier alpha value is 0.450. The van der Waals surface area contributed by atoms with Crippen molar-refractivity contribution in [3.8, 4) is 0 Å². The Kier molecular flexibility index (Phi) is 8.84. The van der Waals surface area contributed by atoms with Crippen LogP contribution in [0.5, 0.6) is 0 Å². The Morgan fingerprint density at radius 3 is 2.67 bits per heavy atom. The lowest BCUT2D eigenvalue weighted by molar-refractivity contribution is 0.0384. The van der Waals surface area contributed by atoms with Gasteiger partial charge < -0.3 is 24.4 Å². The quantitative estimate of drug-likeness (QED) is 0.474. The summed E-state index contributed by atoms with van der Waals surface area (Å²) in [6, 6.07) is 0. The van der Waals surface area contributed by atoms with Crippen LogP contribution in [-0.2, 0) is 25.6 Å². The van der Waals surface area contributed by atoms with E-state index in [1.54, 1.807) is 0 Å². The summed E-state index contributed by atoms with van der Waals surface area (Å²) < 4.78 is 15.2. The van der Waals surface area contributed by atoms with E-state index in [-0.39, 0.29) is 6.10 Å². The molecule has 0 saturated carbocycles. The van der Waals surface area contributed by atoms with Gasteiger partial charge in [-0.2, -0.15) is 0 Å². The van der Waals surface area contributed by atoms with Crippen LogP contribution in [0.2, 0.25) is 0 Å². The van der Waals surface area contributed by atoms with Crippen LogP contribution in [0.4, 0.5) is 0 Å². The van der Waals surface area contributed by atoms with Crippen molar-refractivity contribution in [2.24, 2.45) is 5.73 Å². The molecule has 0 saturated heterocycles. The van der Waals surface area contributed by atoms with Gasteiger partial charge in [-0.05, 0) is 31.2 Å². The molecule has 0 spiro atoms. The van der Waals surface area contributed by atoms with Gasteiger partial charge >= 0.3 is 6.72 Å². The number of rotatable bonds is 9. The van der Waals surface area contributed by atoms with Crippen LogP contribution >= 0.6 is 6.72 Å². The molecule has 0 aromatic rings. The lowest BCUT2D eigenvalue weighted by atomic mass is 10.3. The molecule has 0 aromatic carbocycles. The van der Waals surface area contributed by atoms with Crippen molar-refractivity contribution in [3.63, 3.8) is 0 Å². The molecule has 5 nitrogen and oxygen atoms in total. The molecule has 0 radical (unpaired) electrons. The van der Waals surface area contributed by atoms with Crippen LogP contribution in [0.25, 0.3) is 0 Å². The third kappa shape index (κ3) is 8.28. The van der Waals surface area contributed by atoms with E-state index in [1.165, 1.54) is 7.11 Å². The van der Waals surface area contributed by atoms with Gasteiger partial charge in [-0.3, -0.25) is 0 Å². The van der Waals surface area contributed by atoms with Gasteiger partial charge in [0.1, 0.15) is 0 Å². The lowest BCUT2D eigenvalue weighted by Gasteiger charge is -2.20. The summed E-state index contributed by atoms with van der Waals surface area (Å²) in [5.74, 6) is 0. The van der Waals surface area contributed by atoms with E-state index in [4.69, 9.17) is 26.8 Å². The maximum Gasteiger partial charge on any atom is 0.324 e. The van der Waals surface area contributed by atoms with Crippen LogP contribution in [0.3, 0.4) is 0 Å². The van der Waals surface area contributed by atoms with Gasteiger partial charge in [-0.25, -0.2) is 0 Å². The maximum absolute atomic E-state index is 9.43. The molecular formula is C8H20NO4PS. The van der Waals surface area contributed by atoms with Gasteiger partial charge in [0, 0.05) is 13.7 Å². The fourth-order valence-corrected chi connectivity index (χ4v) is 1.89. The Labute approximate surface area is 96.1 Å². The van der Waals surface area contributed by atoms with Crippen LogP contribution in [-0.4, -0.2) is 37.9 Å². The van der Waals surface area contributed by atoms with Crippen molar-refractivity contribution in [2.45, 2.75) is 25.9 Å². The standard InChI is InChI=1S/C8H20NO4PS/c1-3-8(7-12-6-4-5-9)13-14(10,15)11-2/h8H,3-7,9H2,1-2H3,(H,10,15). The molecule has 2 unspecified atom stereocenters. The van der Waals surface area contributed by atoms with E-state index in [0.717, 1.165) is 6.42 Å². The highest BCUT2D eigenvalue weighted by Crippen LogP contribution is 2.44. The summed E-state index contributed by atoms with van der Waals surface area (Å²) in [5.41, 5.74) is 5.32. The molecule has 0 aliphatic carbocycles. The molecule has 2 atom stereocenters. The van der Waals surface area contributed by atoms with Crippen molar-refractivity contribution >= 4 is 18.5 Å². The number of hydrogen-bond acceptors (Lipinski definition) is 5. The SMILES string of the molecule is CCC(COCCCN)OP(O)(=S)OC. The largest absolute Gasteiger partial charge is 0.379 e. The van der Waals surface area contributed by atoms with Crippen LogP contribution < -0.4 is 5.73 Å². The van der Waals surface area contributed by atoms with Gasteiger partial charge in [-0.15, -0.1) is 0 Å². The second-order valence-corrected chi connectivity index (χ2v) is 5.90. The van der Waals surface area contributed by atoms with E-state index in [2.05, 4.69) is 4.52 Å². The smallest absolute Gasteiger partial charge is 0.324 e. The third-order valence-corrected chi connectivity index (χ3v) is 3.50. The first kappa shape index (κ1) is 15.4. The number of nitrogens with two attached hydrogens (primary N) is 1. The van der Waals surface area contributed by atoms with Crippen molar-refractivity contribution in [1.82, 2.24) is 0 Å². The Morgan fingerprint density at radius 2 is 2.20 bits per heavy atom.